The summed E-state index contributed by atoms with van der Waals surface area (Å²) in [6, 6.07) is 8.30. The van der Waals surface area contributed by atoms with Gasteiger partial charge in [-0.25, -0.2) is 0 Å². The lowest BCUT2D eigenvalue weighted by molar-refractivity contribution is -0.122. The third-order valence-corrected chi connectivity index (χ3v) is 10.9. The fraction of sp³-hybridized carbons (Fsp3) is 0.667. The molecule has 32 heavy (non-hydrogen) atoms. The van der Waals surface area contributed by atoms with E-state index in [0.29, 0.717) is 24.9 Å². The topological polar surface area (TPSA) is 35.6 Å². The third-order valence-electron chi connectivity index (χ3n) is 5.52. The molecule has 0 spiro atoms. The van der Waals surface area contributed by atoms with E-state index in [0.717, 1.165) is 49.1 Å². The molecule has 4 unspecified atom stereocenters. The first-order valence-electron chi connectivity index (χ1n) is 10.9. The summed E-state index contributed by atoms with van der Waals surface area (Å²) in [5, 5.41) is 3.84. The Balaban J connectivity index is 2.01. The maximum absolute atomic E-state index is 12.6. The average molecular weight is 528 g/mol. The van der Waals surface area contributed by atoms with Gasteiger partial charge in [0.1, 0.15) is 15.1 Å². The number of piperidine rings is 1. The Morgan fingerprint density at radius 2 is 1.88 bits per heavy atom. The van der Waals surface area contributed by atoms with E-state index in [4.69, 9.17) is 26.7 Å². The Kier molecular flexibility index (Phi) is 14.0. The summed E-state index contributed by atoms with van der Waals surface area (Å²) < 4.78 is 0. The van der Waals surface area contributed by atoms with Crippen LogP contribution < -0.4 is 5.32 Å². The van der Waals surface area contributed by atoms with Gasteiger partial charge in [0.15, 0.2) is 0 Å². The molecule has 1 saturated heterocycles. The second kappa shape index (κ2) is 15.6. The lowest BCUT2D eigenvalue weighted by atomic mass is 9.80. The van der Waals surface area contributed by atoms with Gasteiger partial charge in [0.05, 0.1) is 6.54 Å². The van der Waals surface area contributed by atoms with Crippen molar-refractivity contribution in [3.8, 4) is 0 Å². The standard InChI is InChI=1S/C21H34B2ClN3OP2S2/c1-26-10-8-20(17-4-6-19(24)7-5-17)18(14-26)15-27(11-13-32-30(3)23)16-21(28)25-9-12-31-29(2)22/h4-7,18,20H,8-16H2,1-3H3,(H,25,28). The highest BCUT2D eigenvalue weighted by Gasteiger charge is 2.30. The minimum Gasteiger partial charge on any atom is -0.354 e. The Hall–Kier alpha value is 0.590. The van der Waals surface area contributed by atoms with Crippen molar-refractivity contribution in [2.24, 2.45) is 5.92 Å². The van der Waals surface area contributed by atoms with Crippen LogP contribution in [-0.4, -0.2) is 102 Å². The number of carbonyl (C=O) groups excluding carboxylic acids is 1. The van der Waals surface area contributed by atoms with E-state index < -0.39 is 14.0 Å². The lowest BCUT2D eigenvalue weighted by Crippen LogP contribution is -2.46. The molecule has 1 N–H and O–H groups in total. The van der Waals surface area contributed by atoms with E-state index in [1.54, 1.807) is 22.8 Å². The maximum atomic E-state index is 12.6. The van der Waals surface area contributed by atoms with E-state index in [1.807, 2.05) is 18.8 Å². The van der Waals surface area contributed by atoms with Crippen LogP contribution in [0, 0.1) is 5.92 Å². The molecular weight excluding hydrogens is 493 g/mol. The highest BCUT2D eigenvalue weighted by atomic mass is 35.5. The van der Waals surface area contributed by atoms with Crippen molar-refractivity contribution in [3.63, 3.8) is 0 Å². The summed E-state index contributed by atoms with van der Waals surface area (Å²) in [6.07, 6.45) is 1.12. The van der Waals surface area contributed by atoms with E-state index in [-0.39, 0.29) is 5.91 Å². The second-order valence-corrected chi connectivity index (χ2v) is 17.3. The molecule has 1 aromatic carbocycles. The highest BCUT2D eigenvalue weighted by molar-refractivity contribution is 8.62. The lowest BCUT2D eigenvalue weighted by Gasteiger charge is -2.39. The molecular formula is C21H34B2ClN3OP2S2. The maximum Gasteiger partial charge on any atom is 0.234 e. The molecule has 4 atom stereocenters. The number of nitrogens with zero attached hydrogens (tertiary/aromatic N) is 2. The number of halogens is 1. The van der Waals surface area contributed by atoms with E-state index in [1.165, 1.54) is 5.56 Å². The number of carbonyl (C=O) groups is 1. The first kappa shape index (κ1) is 28.8. The average Bonchev–Trinajstić information content (AvgIpc) is 2.72. The monoisotopic (exact) mass is 527 g/mol. The molecule has 0 aliphatic carbocycles. The van der Waals surface area contributed by atoms with Crippen molar-refractivity contribution in [2.45, 2.75) is 12.3 Å². The summed E-state index contributed by atoms with van der Waals surface area (Å²) in [7, 11) is 13.1. The Morgan fingerprint density at radius 1 is 1.22 bits per heavy atom. The van der Waals surface area contributed by atoms with Gasteiger partial charge < -0.3 is 10.2 Å². The first-order chi connectivity index (χ1) is 15.2. The normalized spacial score (nSPS) is 21.4. The van der Waals surface area contributed by atoms with Crippen molar-refractivity contribution >= 4 is 69.4 Å². The SMILES string of the molecule is [B]P(C)SCCNC(=O)CN(CCSP([B])C)CC1CN(C)CCC1c1ccc(Cl)cc1. The quantitative estimate of drug-likeness (QED) is 0.233. The van der Waals surface area contributed by atoms with Crippen LogP contribution in [0.25, 0.3) is 0 Å². The molecule has 1 heterocycles. The zero-order valence-corrected chi connectivity index (χ0v) is 23.6. The number of hydrogen-bond donors (Lipinski definition) is 1. The van der Waals surface area contributed by atoms with Crippen LogP contribution in [0.5, 0.6) is 0 Å². The smallest absolute Gasteiger partial charge is 0.234 e. The summed E-state index contributed by atoms with van der Waals surface area (Å²) in [5.74, 6) is 2.84. The molecule has 0 saturated carbocycles. The molecule has 1 amide bonds. The van der Waals surface area contributed by atoms with Gasteiger partial charge in [0.2, 0.25) is 5.91 Å². The number of amides is 1. The van der Waals surface area contributed by atoms with E-state index in [9.17, 15) is 4.79 Å². The van der Waals surface area contributed by atoms with Gasteiger partial charge in [-0.1, -0.05) is 23.7 Å². The van der Waals surface area contributed by atoms with Crippen molar-refractivity contribution < 1.29 is 4.79 Å². The van der Waals surface area contributed by atoms with Gasteiger partial charge >= 0.3 is 0 Å². The predicted molar refractivity (Wildman–Crippen MR) is 151 cm³/mol. The van der Waals surface area contributed by atoms with Gasteiger partial charge in [0.25, 0.3) is 0 Å². The van der Waals surface area contributed by atoms with Crippen molar-refractivity contribution in [3.05, 3.63) is 34.9 Å². The van der Waals surface area contributed by atoms with Crippen LogP contribution in [0.1, 0.15) is 17.9 Å². The van der Waals surface area contributed by atoms with Crippen LogP contribution >= 0.6 is 48.4 Å². The number of rotatable bonds is 13. The molecule has 1 fully saturated rings. The summed E-state index contributed by atoms with van der Waals surface area (Å²) >= 11 is 9.65. The first-order valence-corrected chi connectivity index (χ1v) is 18.2. The van der Waals surface area contributed by atoms with Crippen molar-refractivity contribution in [1.29, 1.82) is 0 Å². The minimum absolute atomic E-state index is 0.0896. The number of nitrogens with one attached hydrogen (secondary N) is 1. The largest absolute Gasteiger partial charge is 0.354 e. The molecule has 2 rings (SSSR count). The molecule has 0 aromatic heterocycles. The van der Waals surface area contributed by atoms with Gasteiger partial charge in [-0.15, -0.1) is 36.8 Å². The fourth-order valence-corrected chi connectivity index (χ4v) is 7.55. The summed E-state index contributed by atoms with van der Waals surface area (Å²) in [4.78, 5) is 17.4. The van der Waals surface area contributed by atoms with Crippen LogP contribution in [0.15, 0.2) is 24.3 Å². The summed E-state index contributed by atoms with van der Waals surface area (Å²) in [6.45, 7) is 9.08. The van der Waals surface area contributed by atoms with Gasteiger partial charge in [0, 0.05) is 42.7 Å². The molecule has 1 aromatic rings. The Morgan fingerprint density at radius 3 is 2.53 bits per heavy atom. The minimum atomic E-state index is -0.488. The number of likely N-dealkylation sites (tertiary alicyclic amines) is 1. The number of hydrogen-bond acceptors (Lipinski definition) is 5. The van der Waals surface area contributed by atoms with E-state index in [2.05, 4.69) is 41.0 Å². The van der Waals surface area contributed by atoms with Crippen molar-refractivity contribution in [1.82, 2.24) is 15.1 Å². The molecule has 1 aliphatic rings. The van der Waals surface area contributed by atoms with Gasteiger partial charge in [-0.3, -0.25) is 9.69 Å². The molecule has 0 bridgehead atoms. The Labute approximate surface area is 212 Å². The molecule has 4 nitrogen and oxygen atoms in total. The molecule has 174 valence electrons. The van der Waals surface area contributed by atoms with Crippen LogP contribution in [0.3, 0.4) is 0 Å². The highest BCUT2D eigenvalue weighted by Crippen LogP contribution is 2.41. The third kappa shape index (κ3) is 11.3. The van der Waals surface area contributed by atoms with Gasteiger partial charge in [-0.2, -0.15) is 0 Å². The van der Waals surface area contributed by atoms with E-state index >= 15 is 0 Å². The number of benzene rings is 1. The van der Waals surface area contributed by atoms with Crippen LogP contribution in [0.4, 0.5) is 0 Å². The second-order valence-electron chi connectivity index (χ2n) is 8.31. The predicted octanol–water partition coefficient (Wildman–Crippen LogP) is 4.48. The van der Waals surface area contributed by atoms with Crippen LogP contribution in [0.2, 0.25) is 5.02 Å². The fourth-order valence-electron chi connectivity index (χ4n) is 4.07. The van der Waals surface area contributed by atoms with Crippen molar-refractivity contribution in [2.75, 3.05) is 71.2 Å². The van der Waals surface area contributed by atoms with Crippen LogP contribution in [-0.2, 0) is 4.79 Å². The summed E-state index contributed by atoms with van der Waals surface area (Å²) in [5.41, 5.74) is 1.35. The zero-order chi connectivity index (χ0) is 23.5. The molecule has 4 radical (unpaired) electrons. The molecule has 1 aliphatic heterocycles. The Bertz CT molecular complexity index is 692. The zero-order valence-electron chi connectivity index (χ0n) is 19.4. The van der Waals surface area contributed by atoms with Gasteiger partial charge in [-0.05, 0) is 62.9 Å². The molecule has 11 heteroatoms.